The number of aromatic amines is 1. The van der Waals surface area contributed by atoms with E-state index >= 15 is 0 Å². The fourth-order valence-corrected chi connectivity index (χ4v) is 4.91. The second kappa shape index (κ2) is 11.1. The predicted octanol–water partition coefficient (Wildman–Crippen LogP) is 6.61. The molecule has 6 nitrogen and oxygen atoms in total. The molecule has 196 valence electrons. The van der Waals surface area contributed by atoms with Crippen LogP contribution in [-0.4, -0.2) is 41.3 Å². The van der Waals surface area contributed by atoms with Crippen LogP contribution in [-0.2, 0) is 6.42 Å². The lowest BCUT2D eigenvalue weighted by molar-refractivity contribution is 0.0746. The number of carbonyl (C=O) groups excluding carboxylic acids is 1. The van der Waals surface area contributed by atoms with E-state index in [1.54, 1.807) is 7.11 Å². The highest BCUT2D eigenvalue weighted by atomic mass is 16.5. The minimum Gasteiger partial charge on any atom is -0.497 e. The summed E-state index contributed by atoms with van der Waals surface area (Å²) in [6.07, 6.45) is 1.75. The van der Waals surface area contributed by atoms with E-state index in [0.717, 1.165) is 52.3 Å². The Kier molecular flexibility index (Phi) is 7.50. The first-order chi connectivity index (χ1) is 18.4. The zero-order valence-corrected chi connectivity index (χ0v) is 22.5. The van der Waals surface area contributed by atoms with Crippen molar-refractivity contribution in [1.82, 2.24) is 15.1 Å². The molecule has 1 atom stereocenters. The van der Waals surface area contributed by atoms with Crippen molar-refractivity contribution >= 4 is 5.91 Å². The van der Waals surface area contributed by atoms with Crippen LogP contribution in [0.4, 0.5) is 0 Å². The monoisotopic (exact) mass is 509 g/mol. The van der Waals surface area contributed by atoms with Gasteiger partial charge in [-0.25, -0.2) is 0 Å². The first-order valence-corrected chi connectivity index (χ1v) is 13.3. The molecule has 2 heterocycles. The minimum atomic E-state index is -0.240. The zero-order chi connectivity index (χ0) is 26.6. The molecule has 5 rings (SSSR count). The summed E-state index contributed by atoms with van der Waals surface area (Å²) < 4.78 is 11.2. The summed E-state index contributed by atoms with van der Waals surface area (Å²) in [5.41, 5.74) is 6.69. The molecule has 0 saturated carbocycles. The second-order valence-corrected chi connectivity index (χ2v) is 10.3. The summed E-state index contributed by atoms with van der Waals surface area (Å²) in [4.78, 5) is 15.6. The molecule has 0 bridgehead atoms. The van der Waals surface area contributed by atoms with Gasteiger partial charge in [-0.05, 0) is 61.1 Å². The van der Waals surface area contributed by atoms with Crippen molar-refractivity contribution in [3.63, 3.8) is 0 Å². The number of fused-ring (bicyclic) bond motifs is 1. The highest BCUT2D eigenvalue weighted by molar-refractivity contribution is 6.00. The number of nitrogens with zero attached hydrogens (tertiary/aromatic N) is 2. The van der Waals surface area contributed by atoms with Gasteiger partial charge in [-0.15, -0.1) is 0 Å². The average molecular weight is 510 g/mol. The van der Waals surface area contributed by atoms with E-state index in [4.69, 9.17) is 9.47 Å². The summed E-state index contributed by atoms with van der Waals surface area (Å²) in [5, 5.41) is 7.66. The number of ether oxygens (including phenoxy) is 2. The first kappa shape index (κ1) is 25.6. The zero-order valence-electron chi connectivity index (χ0n) is 22.5. The number of hydrogen-bond donors (Lipinski definition) is 1. The highest BCUT2D eigenvalue weighted by Crippen LogP contribution is 2.43. The van der Waals surface area contributed by atoms with E-state index in [1.807, 2.05) is 29.2 Å². The van der Waals surface area contributed by atoms with Gasteiger partial charge in [0.05, 0.1) is 25.5 Å². The van der Waals surface area contributed by atoms with Crippen LogP contribution in [0.3, 0.4) is 0 Å². The van der Waals surface area contributed by atoms with Gasteiger partial charge < -0.3 is 14.4 Å². The number of H-pyrrole nitrogens is 1. The van der Waals surface area contributed by atoms with Gasteiger partial charge >= 0.3 is 0 Å². The van der Waals surface area contributed by atoms with Crippen LogP contribution in [0, 0.1) is 12.8 Å². The average Bonchev–Trinajstić information content (AvgIpc) is 3.47. The van der Waals surface area contributed by atoms with E-state index < -0.39 is 0 Å². The van der Waals surface area contributed by atoms with Crippen LogP contribution in [0.5, 0.6) is 11.5 Å². The van der Waals surface area contributed by atoms with Gasteiger partial charge in [-0.1, -0.05) is 67.9 Å². The Hall–Kier alpha value is -4.06. The molecular weight excluding hydrogens is 474 g/mol. The van der Waals surface area contributed by atoms with Gasteiger partial charge in [-0.3, -0.25) is 9.89 Å². The lowest BCUT2D eigenvalue weighted by Gasteiger charge is -2.26. The van der Waals surface area contributed by atoms with Crippen LogP contribution in [0.25, 0.3) is 11.3 Å². The maximum Gasteiger partial charge on any atom is 0.273 e. The van der Waals surface area contributed by atoms with Crippen molar-refractivity contribution in [3.05, 3.63) is 101 Å². The fraction of sp³-hybridized carbons (Fsp3) is 0.312. The van der Waals surface area contributed by atoms with Gasteiger partial charge in [-0.2, -0.15) is 5.10 Å². The van der Waals surface area contributed by atoms with Crippen molar-refractivity contribution in [2.24, 2.45) is 5.92 Å². The van der Waals surface area contributed by atoms with E-state index in [9.17, 15) is 4.79 Å². The summed E-state index contributed by atoms with van der Waals surface area (Å²) in [6, 6.07) is 24.2. The lowest BCUT2D eigenvalue weighted by atomic mass is 9.95. The second-order valence-electron chi connectivity index (χ2n) is 10.3. The van der Waals surface area contributed by atoms with E-state index in [2.05, 4.69) is 79.5 Å². The van der Waals surface area contributed by atoms with Crippen LogP contribution >= 0.6 is 0 Å². The SMILES string of the molecule is COc1ccc(CCN2C(=O)c3[nH]nc(-c4ccc(C)cc4)c3C2c2ccc(OCCC(C)C)cc2)cc1. The Morgan fingerprint density at radius 3 is 2.29 bits per heavy atom. The molecule has 1 unspecified atom stereocenters. The number of aryl methyl sites for hydroxylation is 1. The van der Waals surface area contributed by atoms with Gasteiger partial charge in [0, 0.05) is 17.7 Å². The number of methoxy groups -OCH3 is 1. The molecule has 1 aliphatic rings. The third-order valence-corrected chi connectivity index (χ3v) is 7.15. The Balaban J connectivity index is 1.46. The number of amides is 1. The molecule has 0 radical (unpaired) electrons. The molecule has 0 aliphatic carbocycles. The van der Waals surface area contributed by atoms with Crippen LogP contribution in [0.2, 0.25) is 0 Å². The van der Waals surface area contributed by atoms with Gasteiger partial charge in [0.1, 0.15) is 17.2 Å². The highest BCUT2D eigenvalue weighted by Gasteiger charge is 2.41. The third-order valence-electron chi connectivity index (χ3n) is 7.15. The molecule has 1 amide bonds. The van der Waals surface area contributed by atoms with Crippen molar-refractivity contribution in [3.8, 4) is 22.8 Å². The number of nitrogens with one attached hydrogen (secondary N) is 1. The molecule has 0 saturated heterocycles. The van der Waals surface area contributed by atoms with Crippen LogP contribution in [0.15, 0.2) is 72.8 Å². The summed E-state index contributed by atoms with van der Waals surface area (Å²) >= 11 is 0. The Morgan fingerprint density at radius 1 is 0.947 bits per heavy atom. The lowest BCUT2D eigenvalue weighted by Crippen LogP contribution is -2.31. The Labute approximate surface area is 224 Å². The van der Waals surface area contributed by atoms with Gasteiger partial charge in [0.2, 0.25) is 0 Å². The largest absolute Gasteiger partial charge is 0.497 e. The number of aromatic nitrogens is 2. The van der Waals surface area contributed by atoms with E-state index in [1.165, 1.54) is 5.56 Å². The standard InChI is InChI=1S/C32H35N3O3/c1-21(2)18-20-38-27-15-11-25(12-16-27)31-28-29(24-9-5-22(3)6-10-24)33-34-30(28)32(36)35(31)19-17-23-7-13-26(37-4)14-8-23/h5-16,21,31H,17-20H2,1-4H3,(H,33,34). The summed E-state index contributed by atoms with van der Waals surface area (Å²) in [6.45, 7) is 7.72. The number of benzene rings is 3. The van der Waals surface area contributed by atoms with Crippen molar-refractivity contribution in [1.29, 1.82) is 0 Å². The molecule has 1 N–H and O–H groups in total. The normalized spacial score (nSPS) is 14.7. The predicted molar refractivity (Wildman–Crippen MR) is 150 cm³/mol. The topological polar surface area (TPSA) is 67.5 Å². The summed E-state index contributed by atoms with van der Waals surface area (Å²) in [5.74, 6) is 2.23. The third kappa shape index (κ3) is 5.30. The molecule has 0 fully saturated rings. The number of hydrogen-bond acceptors (Lipinski definition) is 4. The Bertz CT molecular complexity index is 1370. The van der Waals surface area contributed by atoms with Crippen LogP contribution < -0.4 is 9.47 Å². The quantitative estimate of drug-likeness (QED) is 0.261. The van der Waals surface area contributed by atoms with Crippen molar-refractivity contribution in [2.75, 3.05) is 20.3 Å². The van der Waals surface area contributed by atoms with E-state index in [0.29, 0.717) is 24.8 Å². The Morgan fingerprint density at radius 2 is 1.63 bits per heavy atom. The molecule has 4 aromatic rings. The molecule has 1 aliphatic heterocycles. The van der Waals surface area contributed by atoms with Gasteiger partial charge in [0.25, 0.3) is 5.91 Å². The molecule has 1 aromatic heterocycles. The first-order valence-electron chi connectivity index (χ1n) is 13.3. The number of rotatable bonds is 10. The molecule has 6 heteroatoms. The smallest absolute Gasteiger partial charge is 0.273 e. The van der Waals surface area contributed by atoms with Crippen molar-refractivity contribution in [2.45, 2.75) is 39.7 Å². The van der Waals surface area contributed by atoms with E-state index in [-0.39, 0.29) is 11.9 Å². The summed E-state index contributed by atoms with van der Waals surface area (Å²) in [7, 11) is 1.66. The molecule has 38 heavy (non-hydrogen) atoms. The molecular formula is C32H35N3O3. The maximum absolute atomic E-state index is 13.7. The fourth-order valence-electron chi connectivity index (χ4n) is 4.91. The maximum atomic E-state index is 13.7. The minimum absolute atomic E-state index is 0.0263. The number of carbonyl (C=O) groups is 1. The van der Waals surface area contributed by atoms with Crippen molar-refractivity contribution < 1.29 is 14.3 Å². The molecule has 0 spiro atoms. The van der Waals surface area contributed by atoms with Gasteiger partial charge in [0.15, 0.2) is 0 Å². The van der Waals surface area contributed by atoms with Crippen LogP contribution in [0.1, 0.15) is 59.1 Å². The molecule has 3 aromatic carbocycles.